The van der Waals surface area contributed by atoms with Crippen molar-refractivity contribution in [1.29, 1.82) is 0 Å². The minimum Gasteiger partial charge on any atom is -0.369 e. The van der Waals surface area contributed by atoms with Gasteiger partial charge < -0.3 is 5.73 Å². The maximum atomic E-state index is 11.6. The van der Waals surface area contributed by atoms with Crippen LogP contribution in [0.15, 0.2) is 0 Å². The van der Waals surface area contributed by atoms with Crippen LogP contribution in [0.3, 0.4) is 0 Å². The average molecular weight is 151 g/mol. The SMILES string of the molecule is CSC(CCF)C(N)=O. The number of alkyl halides is 1. The summed E-state index contributed by atoms with van der Waals surface area (Å²) in [4.78, 5) is 10.4. The Bertz CT molecular complexity index is 99.0. The van der Waals surface area contributed by atoms with Crippen molar-refractivity contribution in [2.24, 2.45) is 5.73 Å². The molecule has 0 spiro atoms. The van der Waals surface area contributed by atoms with Crippen LogP contribution >= 0.6 is 11.8 Å². The number of hydrogen-bond acceptors (Lipinski definition) is 2. The van der Waals surface area contributed by atoms with Gasteiger partial charge in [0.25, 0.3) is 0 Å². The lowest BCUT2D eigenvalue weighted by Crippen LogP contribution is -2.25. The molecule has 0 aliphatic carbocycles. The van der Waals surface area contributed by atoms with E-state index in [1.54, 1.807) is 6.26 Å². The van der Waals surface area contributed by atoms with Crippen LogP contribution in [0.4, 0.5) is 4.39 Å². The number of hydrogen-bond donors (Lipinski definition) is 1. The summed E-state index contributed by atoms with van der Waals surface area (Å²) in [6.45, 7) is -0.478. The molecule has 0 aromatic rings. The van der Waals surface area contributed by atoms with Crippen molar-refractivity contribution in [1.82, 2.24) is 0 Å². The van der Waals surface area contributed by atoms with Crippen LogP contribution in [0.1, 0.15) is 6.42 Å². The molecule has 4 heteroatoms. The van der Waals surface area contributed by atoms with Gasteiger partial charge in [-0.3, -0.25) is 9.18 Å². The average Bonchev–Trinajstić information content (AvgIpc) is 1.82. The predicted molar refractivity (Wildman–Crippen MR) is 37.1 cm³/mol. The molecule has 0 radical (unpaired) electrons. The van der Waals surface area contributed by atoms with E-state index in [9.17, 15) is 9.18 Å². The smallest absolute Gasteiger partial charge is 0.230 e. The molecule has 54 valence electrons. The van der Waals surface area contributed by atoms with Gasteiger partial charge in [-0.1, -0.05) is 0 Å². The lowest BCUT2D eigenvalue weighted by Gasteiger charge is -2.05. The summed E-state index contributed by atoms with van der Waals surface area (Å²) in [5, 5.41) is -0.352. The molecular formula is C5H10FNOS. The van der Waals surface area contributed by atoms with Gasteiger partial charge >= 0.3 is 0 Å². The first-order chi connectivity index (χ1) is 4.22. The molecule has 1 unspecified atom stereocenters. The maximum absolute atomic E-state index is 11.6. The highest BCUT2D eigenvalue weighted by atomic mass is 32.2. The van der Waals surface area contributed by atoms with E-state index < -0.39 is 12.6 Å². The summed E-state index contributed by atoms with van der Waals surface area (Å²) >= 11 is 1.29. The van der Waals surface area contributed by atoms with Gasteiger partial charge in [0.05, 0.1) is 11.9 Å². The molecule has 2 nitrogen and oxygen atoms in total. The topological polar surface area (TPSA) is 43.1 Å². The molecule has 0 heterocycles. The molecule has 1 amide bonds. The number of amides is 1. The van der Waals surface area contributed by atoms with Crippen LogP contribution in [-0.2, 0) is 4.79 Å². The fourth-order valence-electron chi connectivity index (χ4n) is 0.475. The van der Waals surface area contributed by atoms with Crippen LogP contribution in [0.5, 0.6) is 0 Å². The van der Waals surface area contributed by atoms with Gasteiger partial charge in [0, 0.05) is 0 Å². The Labute approximate surface area is 58.0 Å². The first-order valence-corrected chi connectivity index (χ1v) is 3.89. The summed E-state index contributed by atoms with van der Waals surface area (Å²) in [5.41, 5.74) is 4.91. The van der Waals surface area contributed by atoms with Gasteiger partial charge in [-0.25, -0.2) is 0 Å². The second-order valence-corrected chi connectivity index (χ2v) is 2.64. The fraction of sp³-hybridized carbons (Fsp3) is 0.800. The highest BCUT2D eigenvalue weighted by Gasteiger charge is 2.11. The molecule has 0 saturated heterocycles. The third-order valence-corrected chi connectivity index (χ3v) is 2.01. The zero-order chi connectivity index (χ0) is 7.28. The number of carbonyl (C=O) groups is 1. The number of primary amides is 1. The minimum absolute atomic E-state index is 0.233. The number of rotatable bonds is 4. The third-order valence-electron chi connectivity index (χ3n) is 0.973. The molecule has 0 aliphatic heterocycles. The van der Waals surface area contributed by atoms with Crippen molar-refractivity contribution < 1.29 is 9.18 Å². The highest BCUT2D eigenvalue weighted by molar-refractivity contribution is 7.99. The predicted octanol–water partition coefficient (Wildman–Crippen LogP) is 0.563. The molecule has 0 rings (SSSR count). The maximum Gasteiger partial charge on any atom is 0.230 e. The van der Waals surface area contributed by atoms with Crippen LogP contribution in [0, 0.1) is 0 Å². The second-order valence-electron chi connectivity index (χ2n) is 1.60. The Kier molecular flexibility index (Phi) is 4.48. The fourth-order valence-corrected chi connectivity index (χ4v) is 1.03. The molecule has 0 fully saturated rings. The third kappa shape index (κ3) is 3.35. The molecule has 0 aliphatic rings. The molecule has 1 atom stereocenters. The van der Waals surface area contributed by atoms with Gasteiger partial charge in [-0.2, -0.15) is 11.8 Å². The zero-order valence-electron chi connectivity index (χ0n) is 5.26. The molecule has 0 saturated carbocycles. The van der Waals surface area contributed by atoms with Crippen molar-refractivity contribution in [2.45, 2.75) is 11.7 Å². The molecule has 9 heavy (non-hydrogen) atoms. The second kappa shape index (κ2) is 4.61. The molecular weight excluding hydrogens is 141 g/mol. The Balaban J connectivity index is 3.54. The van der Waals surface area contributed by atoms with E-state index in [0.717, 1.165) is 0 Å². The number of thioether (sulfide) groups is 1. The van der Waals surface area contributed by atoms with Gasteiger partial charge in [0.1, 0.15) is 0 Å². The Morgan fingerprint density at radius 3 is 2.56 bits per heavy atom. The van der Waals surface area contributed by atoms with Crippen LogP contribution in [-0.4, -0.2) is 24.1 Å². The van der Waals surface area contributed by atoms with Crippen LogP contribution in [0.25, 0.3) is 0 Å². The number of carbonyl (C=O) groups excluding carboxylic acids is 1. The lowest BCUT2D eigenvalue weighted by molar-refractivity contribution is -0.117. The molecule has 2 N–H and O–H groups in total. The van der Waals surface area contributed by atoms with Gasteiger partial charge in [0.15, 0.2) is 0 Å². The van der Waals surface area contributed by atoms with Crippen molar-refractivity contribution in [3.8, 4) is 0 Å². The van der Waals surface area contributed by atoms with E-state index in [1.165, 1.54) is 11.8 Å². The first kappa shape index (κ1) is 8.75. The van der Waals surface area contributed by atoms with Crippen molar-refractivity contribution in [3.63, 3.8) is 0 Å². The summed E-state index contributed by atoms with van der Waals surface area (Å²) in [7, 11) is 0. The van der Waals surface area contributed by atoms with Crippen LogP contribution < -0.4 is 5.73 Å². The zero-order valence-corrected chi connectivity index (χ0v) is 6.08. The largest absolute Gasteiger partial charge is 0.369 e. The Morgan fingerprint density at radius 1 is 1.89 bits per heavy atom. The molecule has 0 aromatic carbocycles. The standard InChI is InChI=1S/C5H10FNOS/c1-9-4(2-3-6)5(7)8/h4H,2-3H2,1H3,(H2,7,8). The Hall–Kier alpha value is -0.250. The monoisotopic (exact) mass is 151 g/mol. The number of halogens is 1. The van der Waals surface area contributed by atoms with Gasteiger partial charge in [-0.05, 0) is 12.7 Å². The van der Waals surface area contributed by atoms with Crippen molar-refractivity contribution in [3.05, 3.63) is 0 Å². The van der Waals surface area contributed by atoms with E-state index in [4.69, 9.17) is 5.73 Å². The number of nitrogens with two attached hydrogens (primary N) is 1. The van der Waals surface area contributed by atoms with Gasteiger partial charge in [-0.15, -0.1) is 0 Å². The van der Waals surface area contributed by atoms with Crippen molar-refractivity contribution in [2.75, 3.05) is 12.9 Å². The van der Waals surface area contributed by atoms with Crippen LogP contribution in [0.2, 0.25) is 0 Å². The van der Waals surface area contributed by atoms with Crippen molar-refractivity contribution >= 4 is 17.7 Å². The Morgan fingerprint density at radius 2 is 2.44 bits per heavy atom. The van der Waals surface area contributed by atoms with E-state index >= 15 is 0 Å². The summed E-state index contributed by atoms with van der Waals surface area (Å²) in [5.74, 6) is -0.430. The quantitative estimate of drug-likeness (QED) is 0.638. The van der Waals surface area contributed by atoms with E-state index in [1.807, 2.05) is 0 Å². The first-order valence-electron chi connectivity index (χ1n) is 2.60. The summed E-state index contributed by atoms with van der Waals surface area (Å²) in [6, 6.07) is 0. The lowest BCUT2D eigenvalue weighted by atomic mass is 10.3. The van der Waals surface area contributed by atoms with E-state index in [2.05, 4.69) is 0 Å². The molecule has 0 bridgehead atoms. The van der Waals surface area contributed by atoms with E-state index in [0.29, 0.717) is 0 Å². The summed E-state index contributed by atoms with van der Waals surface area (Å²) < 4.78 is 11.6. The summed E-state index contributed by atoms with van der Waals surface area (Å²) in [6.07, 6.45) is 1.97. The van der Waals surface area contributed by atoms with Gasteiger partial charge in [0.2, 0.25) is 5.91 Å². The van der Waals surface area contributed by atoms with E-state index in [-0.39, 0.29) is 11.7 Å². The normalized spacial score (nSPS) is 13.1. The highest BCUT2D eigenvalue weighted by Crippen LogP contribution is 2.09. The molecule has 0 aromatic heterocycles. The minimum atomic E-state index is -0.478.